The van der Waals surface area contributed by atoms with E-state index in [1.807, 2.05) is 0 Å². The molecule has 2 aliphatic rings. The summed E-state index contributed by atoms with van der Waals surface area (Å²) in [5.41, 5.74) is 0. The fourth-order valence-corrected chi connectivity index (χ4v) is 3.66. The van der Waals surface area contributed by atoms with Crippen LogP contribution in [-0.4, -0.2) is 34.8 Å². The van der Waals surface area contributed by atoms with E-state index in [1.54, 1.807) is 12.1 Å². The van der Waals surface area contributed by atoms with E-state index in [4.69, 9.17) is 4.42 Å². The zero-order valence-electron chi connectivity index (χ0n) is 15.0. The van der Waals surface area contributed by atoms with Gasteiger partial charge in [0.2, 0.25) is 5.91 Å². The van der Waals surface area contributed by atoms with E-state index >= 15 is 0 Å². The Labute approximate surface area is 153 Å². The molecule has 1 saturated heterocycles. The van der Waals surface area contributed by atoms with Gasteiger partial charge in [-0.05, 0) is 31.4 Å². The number of imide groups is 1. The highest BCUT2D eigenvalue weighted by Crippen LogP contribution is 2.18. The van der Waals surface area contributed by atoms with Gasteiger partial charge in [-0.25, -0.2) is 4.79 Å². The van der Waals surface area contributed by atoms with Gasteiger partial charge >= 0.3 is 6.03 Å². The summed E-state index contributed by atoms with van der Waals surface area (Å²) in [6, 6.07) is 2.60. The highest BCUT2D eigenvalue weighted by molar-refractivity contribution is 6.04. The lowest BCUT2D eigenvalue weighted by Gasteiger charge is -2.21. The first-order chi connectivity index (χ1) is 12.6. The Bertz CT molecular complexity index is 621. The highest BCUT2D eigenvalue weighted by atomic mass is 16.3. The topological polar surface area (TPSA) is 91.7 Å². The number of amides is 4. The van der Waals surface area contributed by atoms with Crippen molar-refractivity contribution in [2.75, 3.05) is 0 Å². The average Bonchev–Trinajstić information content (AvgIpc) is 3.19. The molecule has 0 radical (unpaired) electrons. The minimum atomic E-state index is -0.638. The Morgan fingerprint density at radius 3 is 2.62 bits per heavy atom. The largest absolute Gasteiger partial charge is 0.467 e. The van der Waals surface area contributed by atoms with Crippen molar-refractivity contribution >= 4 is 17.8 Å². The lowest BCUT2D eigenvalue weighted by molar-refractivity contribution is -0.128. The summed E-state index contributed by atoms with van der Waals surface area (Å²) in [6.07, 6.45) is 10.2. The lowest BCUT2D eigenvalue weighted by atomic mass is 9.96. The van der Waals surface area contributed by atoms with Gasteiger partial charge in [-0.1, -0.05) is 32.1 Å². The van der Waals surface area contributed by atoms with Crippen molar-refractivity contribution in [1.29, 1.82) is 0 Å². The van der Waals surface area contributed by atoms with E-state index in [9.17, 15) is 14.4 Å². The second-order valence-corrected chi connectivity index (χ2v) is 7.15. The van der Waals surface area contributed by atoms with Crippen LogP contribution in [0.5, 0.6) is 0 Å². The summed E-state index contributed by atoms with van der Waals surface area (Å²) in [5.74, 6) is 0.212. The van der Waals surface area contributed by atoms with Gasteiger partial charge in [0, 0.05) is 12.5 Å². The third-order valence-corrected chi connectivity index (χ3v) is 5.13. The fraction of sp³-hybridized carbons (Fsp3) is 0.632. The van der Waals surface area contributed by atoms with Crippen molar-refractivity contribution in [3.63, 3.8) is 0 Å². The Morgan fingerprint density at radius 1 is 1.19 bits per heavy atom. The monoisotopic (exact) mass is 361 g/mol. The van der Waals surface area contributed by atoms with Crippen LogP contribution in [0.2, 0.25) is 0 Å². The van der Waals surface area contributed by atoms with E-state index in [2.05, 4.69) is 10.6 Å². The number of nitrogens with one attached hydrogen (secondary N) is 2. The summed E-state index contributed by atoms with van der Waals surface area (Å²) in [7, 11) is 0. The molecule has 7 heteroatoms. The van der Waals surface area contributed by atoms with Crippen LogP contribution in [0, 0.1) is 0 Å². The number of urea groups is 1. The molecule has 1 aromatic rings. The number of carbonyl (C=O) groups is 3. The van der Waals surface area contributed by atoms with Crippen LogP contribution >= 0.6 is 0 Å². The minimum absolute atomic E-state index is 0.0397. The molecule has 1 unspecified atom stereocenters. The van der Waals surface area contributed by atoms with Gasteiger partial charge in [0.05, 0.1) is 12.8 Å². The molecule has 1 saturated carbocycles. The average molecular weight is 361 g/mol. The Balaban J connectivity index is 1.44. The molecule has 26 heavy (non-hydrogen) atoms. The Morgan fingerprint density at radius 2 is 1.92 bits per heavy atom. The van der Waals surface area contributed by atoms with Crippen LogP contribution in [0.3, 0.4) is 0 Å². The van der Waals surface area contributed by atoms with Crippen molar-refractivity contribution < 1.29 is 18.8 Å². The smallest absolute Gasteiger partial charge is 0.325 e. The number of carbonyl (C=O) groups excluding carboxylic acids is 3. The molecule has 2 N–H and O–H groups in total. The lowest BCUT2D eigenvalue weighted by Crippen LogP contribution is -2.37. The predicted octanol–water partition coefficient (Wildman–Crippen LogP) is 2.71. The number of rotatable bonds is 6. The van der Waals surface area contributed by atoms with E-state index in [0.717, 1.165) is 30.6 Å². The second kappa shape index (κ2) is 8.87. The SMILES string of the molecule is O=C(CCC1NC(=O)N(Cc2ccco2)C1=O)NC1CCCCCCC1. The zero-order chi connectivity index (χ0) is 18.4. The van der Waals surface area contributed by atoms with Gasteiger partial charge < -0.3 is 15.1 Å². The highest BCUT2D eigenvalue weighted by Gasteiger charge is 2.38. The van der Waals surface area contributed by atoms with Crippen molar-refractivity contribution in [2.24, 2.45) is 0 Å². The van der Waals surface area contributed by atoms with E-state index in [0.29, 0.717) is 12.2 Å². The van der Waals surface area contributed by atoms with E-state index in [-0.39, 0.29) is 30.8 Å². The van der Waals surface area contributed by atoms with Gasteiger partial charge in [0.15, 0.2) is 0 Å². The van der Waals surface area contributed by atoms with Crippen molar-refractivity contribution in [3.8, 4) is 0 Å². The molecule has 142 valence electrons. The maximum atomic E-state index is 12.4. The van der Waals surface area contributed by atoms with Crippen LogP contribution in [-0.2, 0) is 16.1 Å². The van der Waals surface area contributed by atoms with Crippen LogP contribution in [0.25, 0.3) is 0 Å². The summed E-state index contributed by atoms with van der Waals surface area (Å²) >= 11 is 0. The summed E-state index contributed by atoms with van der Waals surface area (Å²) in [4.78, 5) is 37.8. The van der Waals surface area contributed by atoms with E-state index < -0.39 is 12.1 Å². The Kier molecular flexibility index (Phi) is 6.30. The van der Waals surface area contributed by atoms with Gasteiger partial charge in [0.1, 0.15) is 11.8 Å². The molecular formula is C19H27N3O4. The summed E-state index contributed by atoms with van der Waals surface area (Å²) < 4.78 is 5.19. The number of furan rings is 1. The predicted molar refractivity (Wildman–Crippen MR) is 95.1 cm³/mol. The molecule has 1 aromatic heterocycles. The van der Waals surface area contributed by atoms with Crippen LogP contribution in [0.1, 0.15) is 63.5 Å². The first-order valence-electron chi connectivity index (χ1n) is 9.57. The van der Waals surface area contributed by atoms with E-state index in [1.165, 1.54) is 25.5 Å². The summed E-state index contributed by atoms with van der Waals surface area (Å²) in [5, 5.41) is 5.75. The van der Waals surface area contributed by atoms with Crippen molar-refractivity contribution in [1.82, 2.24) is 15.5 Å². The van der Waals surface area contributed by atoms with Crippen molar-refractivity contribution in [3.05, 3.63) is 24.2 Å². The first-order valence-corrected chi connectivity index (χ1v) is 9.57. The molecule has 7 nitrogen and oxygen atoms in total. The maximum Gasteiger partial charge on any atom is 0.325 e. The molecule has 1 aliphatic heterocycles. The zero-order valence-corrected chi connectivity index (χ0v) is 15.0. The van der Waals surface area contributed by atoms with Crippen molar-refractivity contribution in [2.45, 2.75) is 76.4 Å². The third-order valence-electron chi connectivity index (χ3n) is 5.13. The quantitative estimate of drug-likeness (QED) is 0.762. The molecule has 3 rings (SSSR count). The number of nitrogens with zero attached hydrogens (tertiary/aromatic N) is 1. The van der Waals surface area contributed by atoms with Gasteiger partial charge in [0.25, 0.3) is 5.91 Å². The second-order valence-electron chi connectivity index (χ2n) is 7.15. The van der Waals surface area contributed by atoms with Crippen LogP contribution < -0.4 is 10.6 Å². The standard InChI is InChI=1S/C19H27N3O4/c23-17(20-14-7-4-2-1-3-5-8-14)11-10-16-18(24)22(19(25)21-16)13-15-9-6-12-26-15/h6,9,12,14,16H,1-5,7-8,10-11,13H2,(H,20,23)(H,21,25). The molecule has 2 fully saturated rings. The number of hydrogen-bond donors (Lipinski definition) is 2. The van der Waals surface area contributed by atoms with Gasteiger partial charge in [-0.15, -0.1) is 0 Å². The fourth-order valence-electron chi connectivity index (χ4n) is 3.66. The maximum absolute atomic E-state index is 12.4. The Hall–Kier alpha value is -2.31. The molecule has 4 amide bonds. The molecular weight excluding hydrogens is 334 g/mol. The molecule has 0 bridgehead atoms. The first kappa shape index (κ1) is 18.5. The summed E-state index contributed by atoms with van der Waals surface area (Å²) in [6.45, 7) is 0.114. The molecule has 1 aliphatic carbocycles. The van der Waals surface area contributed by atoms with Crippen LogP contribution in [0.4, 0.5) is 4.79 Å². The van der Waals surface area contributed by atoms with Crippen LogP contribution in [0.15, 0.2) is 22.8 Å². The normalized spacial score (nSPS) is 22.0. The van der Waals surface area contributed by atoms with Gasteiger partial charge in [-0.3, -0.25) is 14.5 Å². The molecule has 2 heterocycles. The molecule has 0 aromatic carbocycles. The third kappa shape index (κ3) is 4.86. The molecule has 1 atom stereocenters. The van der Waals surface area contributed by atoms with Gasteiger partial charge in [-0.2, -0.15) is 0 Å². The minimum Gasteiger partial charge on any atom is -0.467 e. The molecule has 0 spiro atoms. The number of hydrogen-bond acceptors (Lipinski definition) is 4.